The second kappa shape index (κ2) is 6.61. The zero-order valence-corrected chi connectivity index (χ0v) is 14.6. The summed E-state index contributed by atoms with van der Waals surface area (Å²) in [5.74, 6) is 0.115. The molecular formula is C20H17N3OS. The van der Waals surface area contributed by atoms with Gasteiger partial charge >= 0.3 is 0 Å². The van der Waals surface area contributed by atoms with Crippen LogP contribution in [0.5, 0.6) is 5.88 Å². The number of aryl methyl sites for hydroxylation is 1. The average molecular weight is 347 g/mol. The van der Waals surface area contributed by atoms with E-state index < -0.39 is 0 Å². The Kier molecular flexibility index (Phi) is 4.15. The monoisotopic (exact) mass is 347 g/mol. The summed E-state index contributed by atoms with van der Waals surface area (Å²) in [5.41, 5.74) is 3.48. The van der Waals surface area contributed by atoms with Crippen LogP contribution in [-0.4, -0.2) is 19.7 Å². The molecule has 0 bridgehead atoms. The van der Waals surface area contributed by atoms with E-state index in [1.807, 2.05) is 25.1 Å². The summed E-state index contributed by atoms with van der Waals surface area (Å²) in [4.78, 5) is 7.01. The van der Waals surface area contributed by atoms with Gasteiger partial charge < -0.3 is 5.11 Å². The molecule has 0 radical (unpaired) electrons. The van der Waals surface area contributed by atoms with Gasteiger partial charge in [0.1, 0.15) is 0 Å². The first kappa shape index (κ1) is 15.7. The molecule has 0 amide bonds. The van der Waals surface area contributed by atoms with Gasteiger partial charge in [-0.25, -0.2) is 4.98 Å². The van der Waals surface area contributed by atoms with E-state index in [0.29, 0.717) is 5.65 Å². The zero-order chi connectivity index (χ0) is 17.2. The van der Waals surface area contributed by atoms with Crippen molar-refractivity contribution in [1.82, 2.24) is 14.6 Å². The lowest BCUT2D eigenvalue weighted by Crippen LogP contribution is -1.96. The van der Waals surface area contributed by atoms with Crippen molar-refractivity contribution in [3.63, 3.8) is 0 Å². The summed E-state index contributed by atoms with van der Waals surface area (Å²) in [5, 5.41) is 14.4. The van der Waals surface area contributed by atoms with E-state index in [9.17, 15) is 5.11 Å². The van der Waals surface area contributed by atoms with Crippen LogP contribution < -0.4 is 0 Å². The number of fused-ring (bicyclic) bond motifs is 1. The average Bonchev–Trinajstić information content (AvgIpc) is 3.08. The molecule has 2 aromatic carbocycles. The smallest absolute Gasteiger partial charge is 0.215 e. The molecule has 0 aliphatic rings. The molecule has 5 heteroatoms. The third-order valence-electron chi connectivity index (χ3n) is 4.01. The van der Waals surface area contributed by atoms with Gasteiger partial charge in [-0.15, -0.1) is 0 Å². The number of hydrogen-bond donors (Lipinski definition) is 1. The van der Waals surface area contributed by atoms with Gasteiger partial charge in [0.05, 0.1) is 6.20 Å². The van der Waals surface area contributed by atoms with E-state index in [4.69, 9.17) is 0 Å². The maximum absolute atomic E-state index is 10.1. The van der Waals surface area contributed by atoms with E-state index in [-0.39, 0.29) is 5.88 Å². The van der Waals surface area contributed by atoms with E-state index in [1.54, 1.807) is 24.0 Å². The molecule has 0 saturated carbocycles. The second-order valence-corrected chi connectivity index (χ2v) is 6.84. The van der Waals surface area contributed by atoms with Gasteiger partial charge in [-0.3, -0.25) is 0 Å². The standard InChI is InChI=1S/C20H17N3OS/c1-2-15-12-19(24)23-20(22-15)18(13-21-23)14-8-10-17(11-9-14)25-16-6-4-3-5-7-16/h3-13,24H,2H2,1H3. The van der Waals surface area contributed by atoms with Crippen LogP contribution in [0.1, 0.15) is 12.6 Å². The van der Waals surface area contributed by atoms with Crippen LogP contribution >= 0.6 is 11.8 Å². The Morgan fingerprint density at radius 1 is 1.00 bits per heavy atom. The largest absolute Gasteiger partial charge is 0.493 e. The van der Waals surface area contributed by atoms with Crippen molar-refractivity contribution in [3.05, 3.63) is 72.6 Å². The lowest BCUT2D eigenvalue weighted by atomic mass is 10.1. The number of nitrogens with zero attached hydrogens (tertiary/aromatic N) is 3. The van der Waals surface area contributed by atoms with Crippen LogP contribution in [0, 0.1) is 0 Å². The van der Waals surface area contributed by atoms with Gasteiger partial charge in [-0.1, -0.05) is 49.0 Å². The maximum atomic E-state index is 10.1. The highest BCUT2D eigenvalue weighted by molar-refractivity contribution is 7.99. The van der Waals surface area contributed by atoms with Crippen molar-refractivity contribution in [2.45, 2.75) is 23.1 Å². The second-order valence-electron chi connectivity index (χ2n) is 5.69. The Hall–Kier alpha value is -2.79. The Bertz CT molecular complexity index is 1010. The molecule has 0 aliphatic carbocycles. The third-order valence-corrected chi connectivity index (χ3v) is 5.03. The third kappa shape index (κ3) is 3.10. The molecule has 25 heavy (non-hydrogen) atoms. The van der Waals surface area contributed by atoms with Crippen molar-refractivity contribution < 1.29 is 5.11 Å². The van der Waals surface area contributed by atoms with Crippen LogP contribution in [0.4, 0.5) is 0 Å². The minimum absolute atomic E-state index is 0.115. The van der Waals surface area contributed by atoms with E-state index in [1.165, 1.54) is 14.3 Å². The van der Waals surface area contributed by atoms with Crippen molar-refractivity contribution in [2.24, 2.45) is 0 Å². The minimum atomic E-state index is 0.115. The molecule has 1 N–H and O–H groups in total. The SMILES string of the molecule is CCc1cc(O)n2ncc(-c3ccc(Sc4ccccc4)cc3)c2n1. The highest BCUT2D eigenvalue weighted by Crippen LogP contribution is 2.31. The van der Waals surface area contributed by atoms with Crippen molar-refractivity contribution in [1.29, 1.82) is 0 Å². The highest BCUT2D eigenvalue weighted by Gasteiger charge is 2.12. The fourth-order valence-electron chi connectivity index (χ4n) is 2.71. The molecule has 4 nitrogen and oxygen atoms in total. The van der Waals surface area contributed by atoms with Crippen molar-refractivity contribution in [2.75, 3.05) is 0 Å². The quantitative estimate of drug-likeness (QED) is 0.575. The number of rotatable bonds is 4. The van der Waals surface area contributed by atoms with E-state index >= 15 is 0 Å². The minimum Gasteiger partial charge on any atom is -0.493 e. The van der Waals surface area contributed by atoms with Gasteiger partial charge in [-0.2, -0.15) is 9.61 Å². The molecular weight excluding hydrogens is 330 g/mol. The molecule has 4 rings (SSSR count). The first-order valence-electron chi connectivity index (χ1n) is 8.14. The van der Waals surface area contributed by atoms with Crippen LogP contribution in [0.2, 0.25) is 0 Å². The van der Waals surface area contributed by atoms with Crippen LogP contribution in [-0.2, 0) is 6.42 Å². The van der Waals surface area contributed by atoms with Gasteiger partial charge in [0.15, 0.2) is 5.65 Å². The van der Waals surface area contributed by atoms with Crippen molar-refractivity contribution in [3.8, 4) is 17.0 Å². The molecule has 2 heterocycles. The summed E-state index contributed by atoms with van der Waals surface area (Å²) < 4.78 is 1.47. The van der Waals surface area contributed by atoms with Crippen LogP contribution in [0.3, 0.4) is 0 Å². The molecule has 0 fully saturated rings. The van der Waals surface area contributed by atoms with Gasteiger partial charge in [0.25, 0.3) is 0 Å². The number of aromatic nitrogens is 3. The zero-order valence-electron chi connectivity index (χ0n) is 13.8. The lowest BCUT2D eigenvalue weighted by Gasteiger charge is -2.05. The lowest BCUT2D eigenvalue weighted by molar-refractivity contribution is 0.434. The Morgan fingerprint density at radius 2 is 1.72 bits per heavy atom. The summed E-state index contributed by atoms with van der Waals surface area (Å²) in [7, 11) is 0. The van der Waals surface area contributed by atoms with E-state index in [2.05, 4.69) is 46.5 Å². The molecule has 0 spiro atoms. The van der Waals surface area contributed by atoms with Gasteiger partial charge in [0, 0.05) is 27.1 Å². The Labute approximate surface area is 150 Å². The fraction of sp³-hybridized carbons (Fsp3) is 0.100. The molecule has 0 saturated heterocycles. The van der Waals surface area contributed by atoms with E-state index in [0.717, 1.165) is 23.2 Å². The number of hydrogen-bond acceptors (Lipinski definition) is 4. The van der Waals surface area contributed by atoms with Gasteiger partial charge in [0.2, 0.25) is 5.88 Å². The molecule has 0 unspecified atom stereocenters. The predicted octanol–water partition coefficient (Wildman–Crippen LogP) is 4.82. The Morgan fingerprint density at radius 3 is 2.44 bits per heavy atom. The Balaban J connectivity index is 1.68. The van der Waals surface area contributed by atoms with Crippen LogP contribution in [0.15, 0.2) is 76.7 Å². The summed E-state index contributed by atoms with van der Waals surface area (Å²) in [6.07, 6.45) is 2.52. The topological polar surface area (TPSA) is 50.4 Å². The molecule has 124 valence electrons. The summed E-state index contributed by atoms with van der Waals surface area (Å²) >= 11 is 1.73. The first-order chi connectivity index (χ1) is 12.2. The fourth-order valence-corrected chi connectivity index (χ4v) is 3.55. The molecule has 2 aromatic heterocycles. The molecule has 4 aromatic rings. The molecule has 0 atom stereocenters. The first-order valence-corrected chi connectivity index (χ1v) is 8.96. The normalized spacial score (nSPS) is 11.1. The maximum Gasteiger partial charge on any atom is 0.215 e. The van der Waals surface area contributed by atoms with Crippen molar-refractivity contribution >= 4 is 17.4 Å². The van der Waals surface area contributed by atoms with Gasteiger partial charge in [-0.05, 0) is 36.2 Å². The predicted molar refractivity (Wildman–Crippen MR) is 100 cm³/mol. The molecule has 0 aliphatic heterocycles. The summed E-state index contributed by atoms with van der Waals surface area (Å²) in [6.45, 7) is 2.02. The highest BCUT2D eigenvalue weighted by atomic mass is 32.2. The number of aromatic hydroxyl groups is 1. The number of benzene rings is 2. The van der Waals surface area contributed by atoms with Crippen LogP contribution in [0.25, 0.3) is 16.8 Å². The summed E-state index contributed by atoms with van der Waals surface area (Å²) in [6, 6.07) is 20.3.